The molecule has 2 bridgehead atoms. The average Bonchev–Trinajstić information content (AvgIpc) is 3.35. The fourth-order valence-electron chi connectivity index (χ4n) is 4.45. The molecule has 3 atom stereocenters. The van der Waals surface area contributed by atoms with Crippen LogP contribution >= 0.6 is 23.2 Å². The zero-order valence-corrected chi connectivity index (χ0v) is 16.0. The van der Waals surface area contributed by atoms with Gasteiger partial charge in [-0.2, -0.15) is 0 Å². The second-order valence-electron chi connectivity index (χ2n) is 7.74. The number of nitrogens with zero attached hydrogens (tertiary/aromatic N) is 4. The Bertz CT molecular complexity index is 632. The Morgan fingerprint density at radius 1 is 1.16 bits per heavy atom. The van der Waals surface area contributed by atoms with Crippen LogP contribution in [-0.4, -0.2) is 45.9 Å². The smallest absolute Gasteiger partial charge is 0.228 e. The highest BCUT2D eigenvalue weighted by molar-refractivity contribution is 6.33. The Morgan fingerprint density at radius 3 is 2.32 bits per heavy atom. The van der Waals surface area contributed by atoms with E-state index in [1.54, 1.807) is 6.07 Å². The van der Waals surface area contributed by atoms with Crippen molar-refractivity contribution < 1.29 is 4.79 Å². The predicted molar refractivity (Wildman–Crippen MR) is 99.1 cm³/mol. The maximum Gasteiger partial charge on any atom is 0.228 e. The Morgan fingerprint density at radius 2 is 1.76 bits per heavy atom. The normalized spacial score (nSPS) is 28.8. The Balaban J connectivity index is 1.49. The summed E-state index contributed by atoms with van der Waals surface area (Å²) < 4.78 is 0. The minimum atomic E-state index is 0.315. The molecule has 1 aromatic rings. The zero-order chi connectivity index (χ0) is 17.6. The van der Waals surface area contributed by atoms with Crippen LogP contribution in [0, 0.1) is 5.92 Å². The van der Waals surface area contributed by atoms with E-state index in [1.165, 1.54) is 19.3 Å². The molecule has 1 aliphatic carbocycles. The summed E-state index contributed by atoms with van der Waals surface area (Å²) in [4.78, 5) is 25.7. The molecule has 1 amide bonds. The van der Waals surface area contributed by atoms with Crippen LogP contribution in [0.4, 0.5) is 5.95 Å². The van der Waals surface area contributed by atoms with Crippen LogP contribution < -0.4 is 4.90 Å². The minimum Gasteiger partial charge on any atom is -0.341 e. The summed E-state index contributed by atoms with van der Waals surface area (Å²) in [5.41, 5.74) is 0. The number of piperidine rings is 2. The number of aromatic nitrogens is 2. The molecule has 136 valence electrons. The molecule has 0 spiro atoms. The lowest BCUT2D eigenvalue weighted by Gasteiger charge is -2.50. The van der Waals surface area contributed by atoms with E-state index in [-0.39, 0.29) is 0 Å². The molecule has 0 aromatic carbocycles. The average molecular weight is 383 g/mol. The number of anilines is 1. The molecule has 25 heavy (non-hydrogen) atoms. The number of fused-ring (bicyclic) bond motifs is 2. The van der Waals surface area contributed by atoms with Crippen LogP contribution in [0.2, 0.25) is 10.3 Å². The maximum absolute atomic E-state index is 12.8. The first-order valence-corrected chi connectivity index (χ1v) is 10.0. The van der Waals surface area contributed by atoms with Gasteiger partial charge in [-0.15, -0.1) is 0 Å². The van der Waals surface area contributed by atoms with Crippen LogP contribution in [0.1, 0.15) is 51.4 Å². The highest BCUT2D eigenvalue weighted by Crippen LogP contribution is 2.39. The topological polar surface area (TPSA) is 49.3 Å². The van der Waals surface area contributed by atoms with Gasteiger partial charge < -0.3 is 9.80 Å². The third-order valence-electron chi connectivity index (χ3n) is 5.91. The van der Waals surface area contributed by atoms with E-state index in [4.69, 9.17) is 23.2 Å². The van der Waals surface area contributed by atoms with Crippen molar-refractivity contribution in [2.75, 3.05) is 11.9 Å². The van der Waals surface area contributed by atoms with E-state index in [0.29, 0.717) is 46.2 Å². The minimum absolute atomic E-state index is 0.315. The van der Waals surface area contributed by atoms with E-state index < -0.39 is 0 Å². The summed E-state index contributed by atoms with van der Waals surface area (Å²) in [5.74, 6) is 1.59. The van der Waals surface area contributed by atoms with Gasteiger partial charge in [0.15, 0.2) is 0 Å². The summed E-state index contributed by atoms with van der Waals surface area (Å²) in [6, 6.07) is 2.56. The van der Waals surface area contributed by atoms with Gasteiger partial charge in [-0.1, -0.05) is 23.2 Å². The molecule has 0 N–H and O–H groups in total. The third-order valence-corrected chi connectivity index (χ3v) is 6.30. The van der Waals surface area contributed by atoms with Crippen LogP contribution in [-0.2, 0) is 4.79 Å². The summed E-state index contributed by atoms with van der Waals surface area (Å²) in [5, 5.41) is 0.721. The van der Waals surface area contributed by atoms with Gasteiger partial charge in [0.25, 0.3) is 0 Å². The molecule has 7 heteroatoms. The largest absolute Gasteiger partial charge is 0.341 e. The van der Waals surface area contributed by atoms with Gasteiger partial charge >= 0.3 is 0 Å². The molecule has 1 aromatic heterocycles. The van der Waals surface area contributed by atoms with Crippen LogP contribution in [0.15, 0.2) is 6.07 Å². The summed E-state index contributed by atoms with van der Waals surface area (Å²) >= 11 is 12.1. The standard InChI is InChI=1S/C18H24Cl2N4O/c1-23(18-21-15(19)10-16(20)22-18)14-8-12-3-2-4-13(9-14)24(12)17(25)7-11-5-6-11/h10-14H,2-9H2,1H3/t12-,13+,14?. The fraction of sp³-hybridized carbons (Fsp3) is 0.722. The number of rotatable bonds is 4. The van der Waals surface area contributed by atoms with Crippen molar-refractivity contribution in [2.24, 2.45) is 5.92 Å². The molecule has 3 heterocycles. The van der Waals surface area contributed by atoms with E-state index in [1.807, 2.05) is 7.05 Å². The maximum atomic E-state index is 12.8. The van der Waals surface area contributed by atoms with Gasteiger partial charge in [0.1, 0.15) is 10.3 Å². The number of carbonyl (C=O) groups excluding carboxylic acids is 1. The van der Waals surface area contributed by atoms with E-state index in [0.717, 1.165) is 32.1 Å². The van der Waals surface area contributed by atoms with Gasteiger partial charge in [-0.05, 0) is 50.9 Å². The summed E-state index contributed by atoms with van der Waals surface area (Å²) in [6.45, 7) is 0. The van der Waals surface area contributed by atoms with Crippen molar-refractivity contribution in [3.8, 4) is 0 Å². The van der Waals surface area contributed by atoms with Crippen molar-refractivity contribution in [1.29, 1.82) is 0 Å². The van der Waals surface area contributed by atoms with Gasteiger partial charge in [-0.3, -0.25) is 4.79 Å². The van der Waals surface area contributed by atoms with Crippen molar-refractivity contribution in [2.45, 2.75) is 69.5 Å². The second-order valence-corrected chi connectivity index (χ2v) is 8.51. The number of hydrogen-bond acceptors (Lipinski definition) is 4. The van der Waals surface area contributed by atoms with Crippen LogP contribution in [0.5, 0.6) is 0 Å². The second kappa shape index (κ2) is 6.92. The van der Waals surface area contributed by atoms with Crippen molar-refractivity contribution in [3.05, 3.63) is 16.4 Å². The first-order chi connectivity index (χ1) is 12.0. The van der Waals surface area contributed by atoms with Crippen molar-refractivity contribution >= 4 is 35.1 Å². The van der Waals surface area contributed by atoms with E-state index in [2.05, 4.69) is 19.8 Å². The van der Waals surface area contributed by atoms with Gasteiger partial charge in [0, 0.05) is 37.7 Å². The molecule has 1 saturated carbocycles. The predicted octanol–water partition coefficient (Wildman–Crippen LogP) is 3.93. The number of hydrogen-bond donors (Lipinski definition) is 0. The van der Waals surface area contributed by atoms with E-state index >= 15 is 0 Å². The molecular formula is C18H24Cl2N4O. The molecule has 2 saturated heterocycles. The molecule has 1 unspecified atom stereocenters. The van der Waals surface area contributed by atoms with Gasteiger partial charge in [-0.25, -0.2) is 9.97 Å². The SMILES string of the molecule is CN(c1nc(Cl)cc(Cl)n1)C1C[C@H]2CCC[C@@H](C1)N2C(=O)CC1CC1. The lowest BCUT2D eigenvalue weighted by atomic mass is 9.81. The van der Waals surface area contributed by atoms with E-state index in [9.17, 15) is 4.79 Å². The Hall–Kier alpha value is -1.07. The Kier molecular flexibility index (Phi) is 4.80. The lowest BCUT2D eigenvalue weighted by molar-refractivity contribution is -0.141. The zero-order valence-electron chi connectivity index (χ0n) is 14.5. The summed E-state index contributed by atoms with van der Waals surface area (Å²) in [6.07, 6.45) is 8.58. The molecule has 0 radical (unpaired) electrons. The highest BCUT2D eigenvalue weighted by Gasteiger charge is 2.43. The monoisotopic (exact) mass is 382 g/mol. The third kappa shape index (κ3) is 3.72. The first-order valence-electron chi connectivity index (χ1n) is 9.25. The van der Waals surface area contributed by atoms with Gasteiger partial charge in [0.05, 0.1) is 0 Å². The van der Waals surface area contributed by atoms with Crippen molar-refractivity contribution in [3.63, 3.8) is 0 Å². The molecule has 4 rings (SSSR count). The molecule has 3 aliphatic rings. The number of amides is 1. The van der Waals surface area contributed by atoms with Crippen LogP contribution in [0.3, 0.4) is 0 Å². The highest BCUT2D eigenvalue weighted by atomic mass is 35.5. The number of halogens is 2. The summed E-state index contributed by atoms with van der Waals surface area (Å²) in [7, 11) is 2.00. The molecule has 5 nitrogen and oxygen atoms in total. The number of carbonyl (C=O) groups is 1. The Labute approximate surface area is 158 Å². The van der Waals surface area contributed by atoms with Crippen molar-refractivity contribution in [1.82, 2.24) is 14.9 Å². The van der Waals surface area contributed by atoms with Crippen LogP contribution in [0.25, 0.3) is 0 Å². The lowest BCUT2D eigenvalue weighted by Crippen LogP contribution is -2.58. The van der Waals surface area contributed by atoms with Gasteiger partial charge in [0.2, 0.25) is 11.9 Å². The quantitative estimate of drug-likeness (QED) is 0.740. The first kappa shape index (κ1) is 17.3. The molecular weight excluding hydrogens is 359 g/mol. The fourth-order valence-corrected chi connectivity index (χ4v) is 4.86. The molecule has 3 fully saturated rings. The molecule has 2 aliphatic heterocycles.